The van der Waals surface area contributed by atoms with Crippen LogP contribution in [-0.2, 0) is 10.8 Å². The second-order valence-corrected chi connectivity index (χ2v) is 19.7. The Labute approximate surface area is 425 Å². The Bertz CT molecular complexity index is 3480. The van der Waals surface area contributed by atoms with Crippen molar-refractivity contribution in [2.45, 2.75) is 38.0 Å². The highest BCUT2D eigenvalue weighted by molar-refractivity contribution is 5.86. The third-order valence-electron chi connectivity index (χ3n) is 14.6. The molecule has 0 radical (unpaired) electrons. The van der Waals surface area contributed by atoms with E-state index in [9.17, 15) is 0 Å². The van der Waals surface area contributed by atoms with Crippen LogP contribution < -0.4 is 19.3 Å². The van der Waals surface area contributed by atoms with Gasteiger partial charge in [0, 0.05) is 50.7 Å². The zero-order valence-electron chi connectivity index (χ0n) is 41.6. The van der Waals surface area contributed by atoms with Crippen molar-refractivity contribution >= 4 is 34.1 Å². The lowest BCUT2D eigenvalue weighted by molar-refractivity contribution is 0.416. The van der Waals surface area contributed by atoms with Crippen molar-refractivity contribution in [3.05, 3.63) is 265 Å². The molecule has 0 aromatic heterocycles. The molecule has 11 rings (SSSR count). The van der Waals surface area contributed by atoms with E-state index in [0.717, 1.165) is 74.3 Å². The molecule has 0 fully saturated rings. The van der Waals surface area contributed by atoms with Crippen LogP contribution >= 0.6 is 0 Å². The maximum atomic E-state index is 5.96. The molecule has 0 heterocycles. The number of benzene rings is 10. The molecule has 0 N–H and O–H groups in total. The highest BCUT2D eigenvalue weighted by atomic mass is 16.5. The Morgan fingerprint density at radius 3 is 1.14 bits per heavy atom. The minimum absolute atomic E-state index is 0.137. The number of rotatable bonds is 13. The molecule has 4 heteroatoms. The first-order chi connectivity index (χ1) is 35.2. The van der Waals surface area contributed by atoms with Gasteiger partial charge in [0.25, 0.3) is 0 Å². The zero-order chi connectivity index (χ0) is 49.2. The number of hydrogen-bond acceptors (Lipinski definition) is 4. The Morgan fingerprint density at radius 2 is 0.694 bits per heavy atom. The van der Waals surface area contributed by atoms with Gasteiger partial charge in [0.1, 0.15) is 11.5 Å². The maximum absolute atomic E-state index is 5.96. The number of anilines is 6. The molecule has 0 bridgehead atoms. The van der Waals surface area contributed by atoms with Crippen LogP contribution in [0.2, 0.25) is 0 Å². The van der Waals surface area contributed by atoms with Crippen LogP contribution in [0, 0.1) is 0 Å². The molecule has 10 aromatic rings. The minimum Gasteiger partial charge on any atom is -0.496 e. The molecular formula is C68H58N2O2. The maximum Gasteiger partial charge on any atom is 0.126 e. The van der Waals surface area contributed by atoms with Crippen molar-refractivity contribution in [3.8, 4) is 56.0 Å². The Kier molecular flexibility index (Phi) is 12.3. The monoisotopic (exact) mass is 934 g/mol. The average molecular weight is 935 g/mol. The number of methoxy groups -OCH3 is 2. The summed E-state index contributed by atoms with van der Waals surface area (Å²) in [6.07, 6.45) is 0.946. The van der Waals surface area contributed by atoms with E-state index in [1.807, 2.05) is 0 Å². The molecule has 0 saturated heterocycles. The van der Waals surface area contributed by atoms with Gasteiger partial charge in [-0.2, -0.15) is 0 Å². The molecule has 0 saturated carbocycles. The van der Waals surface area contributed by atoms with Gasteiger partial charge in [-0.15, -0.1) is 0 Å². The van der Waals surface area contributed by atoms with Crippen LogP contribution in [0.5, 0.6) is 11.5 Å². The normalized spacial score (nSPS) is 14.6. The number of ether oxygens (including phenoxy) is 2. The zero-order valence-corrected chi connectivity index (χ0v) is 41.6. The molecule has 0 amide bonds. The molecule has 1 aliphatic rings. The average Bonchev–Trinajstić information content (AvgIpc) is 3.66. The molecule has 1 unspecified atom stereocenters. The lowest BCUT2D eigenvalue weighted by Gasteiger charge is -2.31. The highest BCUT2D eigenvalue weighted by Crippen LogP contribution is 2.55. The smallest absolute Gasteiger partial charge is 0.126 e. The third-order valence-corrected chi connectivity index (χ3v) is 14.6. The Balaban J connectivity index is 1.02. The number of nitrogens with zero attached hydrogens (tertiary/aromatic N) is 2. The summed E-state index contributed by atoms with van der Waals surface area (Å²) in [4.78, 5) is 4.78. The van der Waals surface area contributed by atoms with Gasteiger partial charge in [0.05, 0.1) is 14.2 Å². The number of fused-ring (bicyclic) bond motifs is 1. The summed E-state index contributed by atoms with van der Waals surface area (Å²) in [5.41, 5.74) is 19.0. The van der Waals surface area contributed by atoms with E-state index < -0.39 is 0 Å². The first kappa shape index (κ1) is 45.8. The van der Waals surface area contributed by atoms with Gasteiger partial charge < -0.3 is 19.3 Å². The second kappa shape index (κ2) is 19.3. The van der Waals surface area contributed by atoms with Crippen LogP contribution in [0.15, 0.2) is 249 Å². The summed E-state index contributed by atoms with van der Waals surface area (Å²) in [7, 11) is 3.50. The van der Waals surface area contributed by atoms with Crippen molar-refractivity contribution < 1.29 is 9.47 Å². The van der Waals surface area contributed by atoms with Crippen molar-refractivity contribution in [2.75, 3.05) is 24.0 Å². The van der Waals surface area contributed by atoms with E-state index in [2.05, 4.69) is 279 Å². The van der Waals surface area contributed by atoms with Gasteiger partial charge in [-0.05, 0) is 147 Å². The van der Waals surface area contributed by atoms with Crippen molar-refractivity contribution in [2.24, 2.45) is 0 Å². The van der Waals surface area contributed by atoms with E-state index in [4.69, 9.17) is 9.47 Å². The predicted molar refractivity (Wildman–Crippen MR) is 301 cm³/mol. The van der Waals surface area contributed by atoms with Gasteiger partial charge in [0.15, 0.2) is 0 Å². The highest BCUT2D eigenvalue weighted by Gasteiger charge is 2.46. The fraction of sp³-hybridized carbons (Fsp3) is 0.118. The summed E-state index contributed by atoms with van der Waals surface area (Å²) in [6.45, 7) is 7.26. The fourth-order valence-corrected chi connectivity index (χ4v) is 11.2. The summed E-state index contributed by atoms with van der Waals surface area (Å²) < 4.78 is 11.9. The van der Waals surface area contributed by atoms with E-state index in [-0.39, 0.29) is 10.8 Å². The Hall–Kier alpha value is -8.60. The molecule has 0 spiro atoms. The van der Waals surface area contributed by atoms with E-state index in [1.165, 1.54) is 38.9 Å². The summed E-state index contributed by atoms with van der Waals surface area (Å²) in [5, 5.41) is 0. The minimum atomic E-state index is -0.284. The molecule has 10 aromatic carbocycles. The molecule has 0 aliphatic heterocycles. The van der Waals surface area contributed by atoms with Crippen LogP contribution in [0.4, 0.5) is 34.1 Å². The van der Waals surface area contributed by atoms with E-state index in [1.54, 1.807) is 14.2 Å². The topological polar surface area (TPSA) is 24.9 Å². The van der Waals surface area contributed by atoms with E-state index >= 15 is 0 Å². The van der Waals surface area contributed by atoms with Crippen molar-refractivity contribution in [3.63, 3.8) is 0 Å². The van der Waals surface area contributed by atoms with Gasteiger partial charge in [-0.25, -0.2) is 0 Å². The van der Waals surface area contributed by atoms with Crippen molar-refractivity contribution in [1.29, 1.82) is 0 Å². The van der Waals surface area contributed by atoms with Gasteiger partial charge in [0.2, 0.25) is 0 Å². The molecule has 72 heavy (non-hydrogen) atoms. The first-order valence-electron chi connectivity index (χ1n) is 24.8. The third kappa shape index (κ3) is 8.71. The summed E-state index contributed by atoms with van der Waals surface area (Å²) in [6, 6.07) is 89.5. The van der Waals surface area contributed by atoms with Crippen LogP contribution in [0.1, 0.15) is 43.9 Å². The van der Waals surface area contributed by atoms with Crippen LogP contribution in [0.25, 0.3) is 44.5 Å². The fourth-order valence-electron chi connectivity index (χ4n) is 11.2. The molecule has 1 atom stereocenters. The van der Waals surface area contributed by atoms with Gasteiger partial charge in [-0.3, -0.25) is 0 Å². The predicted octanol–water partition coefficient (Wildman–Crippen LogP) is 18.3. The van der Waals surface area contributed by atoms with Crippen LogP contribution in [0.3, 0.4) is 0 Å². The molecule has 4 nitrogen and oxygen atoms in total. The quantitative estimate of drug-likeness (QED) is 0.115. The lowest BCUT2D eigenvalue weighted by atomic mass is 9.75. The summed E-state index contributed by atoms with van der Waals surface area (Å²) in [5.74, 6) is 1.67. The van der Waals surface area contributed by atoms with Crippen molar-refractivity contribution in [1.82, 2.24) is 0 Å². The molecule has 1 aliphatic carbocycles. The van der Waals surface area contributed by atoms with E-state index in [0.29, 0.717) is 0 Å². The molecule has 352 valence electrons. The van der Waals surface area contributed by atoms with Gasteiger partial charge >= 0.3 is 0 Å². The van der Waals surface area contributed by atoms with Gasteiger partial charge in [-0.1, -0.05) is 185 Å². The first-order valence-corrected chi connectivity index (χ1v) is 24.8. The standard InChI is InChI=1S/C68H58N2O2/c1-67(2)47-68(3,54-27-18-28-57(43-54)69(55-33-29-50(30-34-55)48-19-10-6-11-20-48)58-38-41-65(71-4)61(44-58)52-23-14-8-15-24-52)63-40-37-60(46-64(63)67)70(56-35-31-51(32-36-56)49-21-12-7-13-22-49)59-39-42-66(72-5)62(45-59)53-25-16-9-17-26-53/h6-46H,47H2,1-5H3. The molecular weight excluding hydrogens is 877 g/mol. The number of hydrogen-bond donors (Lipinski definition) is 0. The second-order valence-electron chi connectivity index (χ2n) is 19.7. The van der Waals surface area contributed by atoms with Crippen LogP contribution in [-0.4, -0.2) is 14.2 Å². The largest absolute Gasteiger partial charge is 0.496 e. The lowest BCUT2D eigenvalue weighted by Crippen LogP contribution is -2.24. The summed E-state index contributed by atoms with van der Waals surface area (Å²) >= 11 is 0. The SMILES string of the molecule is COc1ccc(N(c2ccc(-c3ccccc3)cc2)c2cccc(C3(C)CC(C)(C)c4cc(N(c5ccc(-c6ccccc6)cc5)c5ccc(OC)c(-c6ccccc6)c5)ccc43)c2)cc1-c1ccccc1. The Morgan fingerprint density at radius 1 is 0.319 bits per heavy atom.